The van der Waals surface area contributed by atoms with Gasteiger partial charge in [-0.15, -0.1) is 0 Å². The monoisotopic (exact) mass is 292 g/mol. The average molecular weight is 292 g/mol. The van der Waals surface area contributed by atoms with Crippen LogP contribution in [0.25, 0.3) is 0 Å². The van der Waals surface area contributed by atoms with Gasteiger partial charge in [-0.2, -0.15) is 0 Å². The minimum atomic E-state index is -3.34. The second-order valence-electron chi connectivity index (χ2n) is 3.87. The van der Waals surface area contributed by atoms with E-state index in [0.717, 1.165) is 5.41 Å². The molecule has 10 heteroatoms. The van der Waals surface area contributed by atoms with E-state index in [2.05, 4.69) is 5.32 Å². The van der Waals surface area contributed by atoms with Crippen molar-refractivity contribution >= 4 is 27.8 Å². The molecule has 0 fully saturated rings. The predicted octanol–water partition coefficient (Wildman–Crippen LogP) is -1.48. The van der Waals surface area contributed by atoms with Gasteiger partial charge in [0.1, 0.15) is 6.04 Å². The minimum Gasteiger partial charge on any atom is -0.481 e. The summed E-state index contributed by atoms with van der Waals surface area (Å²) < 4.78 is 22.1. The molecule has 1 heterocycles. The van der Waals surface area contributed by atoms with Crippen LogP contribution in [-0.2, 0) is 19.4 Å². The van der Waals surface area contributed by atoms with Gasteiger partial charge in [0.2, 0.25) is 0 Å². The van der Waals surface area contributed by atoms with E-state index in [1.165, 1.54) is 6.08 Å². The van der Waals surface area contributed by atoms with E-state index in [-0.39, 0.29) is 5.75 Å². The fourth-order valence-corrected chi connectivity index (χ4v) is 2.64. The van der Waals surface area contributed by atoms with Crippen LogP contribution < -0.4 is 10.6 Å². The fourth-order valence-electron chi connectivity index (χ4n) is 1.41. The zero-order valence-electron chi connectivity index (χ0n) is 9.57. The summed E-state index contributed by atoms with van der Waals surface area (Å²) >= 11 is 0. The van der Waals surface area contributed by atoms with Gasteiger partial charge < -0.3 is 20.8 Å². The van der Waals surface area contributed by atoms with E-state index >= 15 is 0 Å². The fraction of sp³-hybridized carbons (Fsp3) is 0.444. The summed E-state index contributed by atoms with van der Waals surface area (Å²) in [4.78, 5) is 32.5. The highest BCUT2D eigenvalue weighted by molar-refractivity contribution is 7.94. The number of carbonyl (C=O) groups excluding carboxylic acids is 1. The Kier molecular flexibility index (Phi) is 4.48. The lowest BCUT2D eigenvalue weighted by molar-refractivity contribution is -0.145. The van der Waals surface area contributed by atoms with E-state index in [1.807, 2.05) is 5.32 Å². The highest BCUT2D eigenvalue weighted by Gasteiger charge is 2.26. The molecule has 0 aromatic rings. The van der Waals surface area contributed by atoms with Gasteiger partial charge in [-0.3, -0.25) is 4.79 Å². The number of carbonyl (C=O) groups is 3. The number of hydrogen-bond acceptors (Lipinski definition) is 5. The van der Waals surface area contributed by atoms with Crippen LogP contribution in [0.2, 0.25) is 0 Å². The summed E-state index contributed by atoms with van der Waals surface area (Å²) in [5.74, 6) is -3.18. The van der Waals surface area contributed by atoms with Crippen molar-refractivity contribution in [2.45, 2.75) is 18.5 Å². The second kappa shape index (κ2) is 5.69. The summed E-state index contributed by atoms with van der Waals surface area (Å²) in [6.45, 7) is 0. The van der Waals surface area contributed by atoms with Crippen LogP contribution in [0.1, 0.15) is 6.42 Å². The maximum Gasteiger partial charge on any atom is 0.326 e. The van der Waals surface area contributed by atoms with Crippen LogP contribution in [0, 0.1) is 0 Å². The molecule has 0 aliphatic carbocycles. The molecule has 4 N–H and O–H groups in total. The number of hydrogen-bond donors (Lipinski definition) is 4. The normalized spacial score (nSPS) is 21.6. The summed E-state index contributed by atoms with van der Waals surface area (Å²) in [5, 5.41) is 22.3. The van der Waals surface area contributed by atoms with Gasteiger partial charge in [-0.05, 0) is 6.08 Å². The van der Waals surface area contributed by atoms with E-state index in [4.69, 9.17) is 10.2 Å². The highest BCUT2D eigenvalue weighted by atomic mass is 32.2. The molecule has 0 radical (unpaired) electrons. The van der Waals surface area contributed by atoms with Gasteiger partial charge in [0.05, 0.1) is 18.2 Å². The molecule has 1 rings (SSSR count). The van der Waals surface area contributed by atoms with Crippen LogP contribution in [0.15, 0.2) is 11.5 Å². The van der Waals surface area contributed by atoms with Crippen LogP contribution in [0.5, 0.6) is 0 Å². The number of sulfone groups is 1. The van der Waals surface area contributed by atoms with Crippen molar-refractivity contribution in [2.24, 2.45) is 0 Å². The third kappa shape index (κ3) is 4.95. The molecule has 2 atom stereocenters. The summed E-state index contributed by atoms with van der Waals surface area (Å²) in [7, 11) is -3.34. The molecule has 0 spiro atoms. The predicted molar refractivity (Wildman–Crippen MR) is 62.1 cm³/mol. The number of nitrogens with one attached hydrogen (secondary N) is 2. The van der Waals surface area contributed by atoms with Crippen molar-refractivity contribution in [3.63, 3.8) is 0 Å². The molecule has 0 bridgehead atoms. The van der Waals surface area contributed by atoms with E-state index < -0.39 is 46.3 Å². The molecular formula is C9H12N2O7S. The van der Waals surface area contributed by atoms with Crippen molar-refractivity contribution in [1.82, 2.24) is 10.6 Å². The molecule has 106 valence electrons. The summed E-state index contributed by atoms with van der Waals surface area (Å²) in [5.41, 5.74) is 0. The quantitative estimate of drug-likeness (QED) is 0.482. The van der Waals surface area contributed by atoms with E-state index in [9.17, 15) is 22.8 Å². The van der Waals surface area contributed by atoms with Crippen LogP contribution in [0.3, 0.4) is 0 Å². The van der Waals surface area contributed by atoms with Gasteiger partial charge >= 0.3 is 18.0 Å². The Balaban J connectivity index is 2.52. The van der Waals surface area contributed by atoms with Crippen molar-refractivity contribution < 1.29 is 33.0 Å². The first-order chi connectivity index (χ1) is 8.69. The zero-order chi connectivity index (χ0) is 14.6. The Hall–Kier alpha value is -2.10. The lowest BCUT2D eigenvalue weighted by Gasteiger charge is -2.15. The number of aliphatic carboxylic acids is 2. The van der Waals surface area contributed by atoms with Crippen LogP contribution in [-0.4, -0.2) is 54.4 Å². The number of carboxylic acid groups (broad SMARTS) is 2. The van der Waals surface area contributed by atoms with Gasteiger partial charge in [-0.1, -0.05) is 0 Å². The first-order valence-electron chi connectivity index (χ1n) is 5.12. The molecule has 19 heavy (non-hydrogen) atoms. The molecule has 9 nitrogen and oxygen atoms in total. The lowest BCUT2D eigenvalue weighted by Crippen LogP contribution is -2.49. The Morgan fingerprint density at radius 1 is 1.32 bits per heavy atom. The largest absolute Gasteiger partial charge is 0.481 e. The zero-order valence-corrected chi connectivity index (χ0v) is 10.4. The molecule has 0 aromatic heterocycles. The van der Waals surface area contributed by atoms with E-state index in [1.54, 1.807) is 0 Å². The Bertz CT molecular complexity index is 525. The molecular weight excluding hydrogens is 280 g/mol. The molecule has 1 aliphatic heterocycles. The third-order valence-corrected chi connectivity index (χ3v) is 3.62. The van der Waals surface area contributed by atoms with Crippen molar-refractivity contribution in [2.75, 3.05) is 5.75 Å². The molecule has 2 amide bonds. The molecule has 0 saturated carbocycles. The maximum atomic E-state index is 11.4. The molecule has 0 aromatic carbocycles. The summed E-state index contributed by atoms with van der Waals surface area (Å²) in [6, 6.07) is -3.29. The first kappa shape index (κ1) is 15.0. The molecule has 1 aliphatic rings. The second-order valence-corrected chi connectivity index (χ2v) is 5.80. The number of carboxylic acids is 2. The van der Waals surface area contributed by atoms with Crippen LogP contribution in [0.4, 0.5) is 4.79 Å². The Morgan fingerprint density at radius 2 is 1.95 bits per heavy atom. The molecule has 0 saturated heterocycles. The van der Waals surface area contributed by atoms with Gasteiger partial charge in [0, 0.05) is 5.41 Å². The number of urea groups is 1. The van der Waals surface area contributed by atoms with Crippen molar-refractivity contribution in [3.8, 4) is 0 Å². The smallest absolute Gasteiger partial charge is 0.326 e. The van der Waals surface area contributed by atoms with Gasteiger partial charge in [-0.25, -0.2) is 18.0 Å². The van der Waals surface area contributed by atoms with E-state index in [0.29, 0.717) is 0 Å². The topological polar surface area (TPSA) is 150 Å². The lowest BCUT2D eigenvalue weighted by atomic mass is 10.2. The number of amides is 2. The molecule has 1 unspecified atom stereocenters. The minimum absolute atomic E-state index is 0.308. The first-order valence-corrected chi connectivity index (χ1v) is 6.84. The van der Waals surface area contributed by atoms with Crippen molar-refractivity contribution in [1.29, 1.82) is 0 Å². The average Bonchev–Trinajstić information content (AvgIpc) is 2.56. The van der Waals surface area contributed by atoms with Crippen molar-refractivity contribution in [3.05, 3.63) is 11.5 Å². The van der Waals surface area contributed by atoms with Gasteiger partial charge in [0.15, 0.2) is 9.84 Å². The number of rotatable bonds is 5. The third-order valence-electron chi connectivity index (χ3n) is 2.23. The van der Waals surface area contributed by atoms with Crippen LogP contribution >= 0.6 is 0 Å². The SMILES string of the molecule is O=C(O)C[C@H](NC(=O)NC1C=CS(=O)(=O)C1)C(=O)O. The Morgan fingerprint density at radius 3 is 2.37 bits per heavy atom. The maximum absolute atomic E-state index is 11.4. The van der Waals surface area contributed by atoms with Gasteiger partial charge in [0.25, 0.3) is 0 Å². The summed E-state index contributed by atoms with van der Waals surface area (Å²) in [6.07, 6.45) is 0.476. The Labute approximate surface area is 108 Å². The highest BCUT2D eigenvalue weighted by Crippen LogP contribution is 2.07. The standard InChI is InChI=1S/C9H12N2O7S/c12-7(13)3-6(8(14)15)11-9(16)10-5-1-2-19(17,18)4-5/h1-2,5-6H,3-4H2,(H,12,13)(H,14,15)(H2,10,11,16)/t5?,6-/m0/s1.